The van der Waals surface area contributed by atoms with Gasteiger partial charge in [0.1, 0.15) is 11.8 Å². The predicted molar refractivity (Wildman–Crippen MR) is 76.8 cm³/mol. The Morgan fingerprint density at radius 2 is 2.26 bits per heavy atom. The van der Waals surface area contributed by atoms with Crippen molar-refractivity contribution < 1.29 is 9.15 Å². The van der Waals surface area contributed by atoms with E-state index in [0.29, 0.717) is 12.1 Å². The zero-order chi connectivity index (χ0) is 13.2. The maximum Gasteiger partial charge on any atom is 0.126 e. The fourth-order valence-corrected chi connectivity index (χ4v) is 3.50. The molecule has 102 valence electrons. The van der Waals surface area contributed by atoms with Crippen LogP contribution in [0.25, 0.3) is 0 Å². The summed E-state index contributed by atoms with van der Waals surface area (Å²) in [5.74, 6) is 0.930. The molecule has 0 spiro atoms. The summed E-state index contributed by atoms with van der Waals surface area (Å²) in [6, 6.07) is 8.45. The van der Waals surface area contributed by atoms with Crippen LogP contribution in [0, 0.1) is 0 Å². The first-order valence-electron chi connectivity index (χ1n) is 6.33. The minimum atomic E-state index is 0.0790. The highest BCUT2D eigenvalue weighted by Crippen LogP contribution is 2.34. The SMILES string of the molecule is COC1CC(NC(c2ccco2)c2ccc(Cl)s2)C1. The molecule has 0 amide bonds. The third kappa shape index (κ3) is 2.87. The number of hydrogen-bond donors (Lipinski definition) is 1. The molecule has 1 aliphatic rings. The standard InChI is InChI=1S/C14H16ClNO2S/c1-17-10-7-9(8-10)16-14(11-3-2-6-18-11)12-4-5-13(15)19-12/h2-6,9-10,14,16H,7-8H2,1H3. The number of methoxy groups -OCH3 is 1. The molecule has 1 aliphatic carbocycles. The highest BCUT2D eigenvalue weighted by molar-refractivity contribution is 7.16. The van der Waals surface area contributed by atoms with E-state index < -0.39 is 0 Å². The van der Waals surface area contributed by atoms with Gasteiger partial charge in [-0.15, -0.1) is 11.3 Å². The Kier molecular flexibility index (Phi) is 3.93. The number of furan rings is 1. The van der Waals surface area contributed by atoms with Crippen molar-refractivity contribution in [3.8, 4) is 0 Å². The Hall–Kier alpha value is -0.810. The van der Waals surface area contributed by atoms with Gasteiger partial charge >= 0.3 is 0 Å². The van der Waals surface area contributed by atoms with Gasteiger partial charge in [0.25, 0.3) is 0 Å². The Balaban J connectivity index is 1.74. The van der Waals surface area contributed by atoms with E-state index >= 15 is 0 Å². The molecule has 1 fully saturated rings. The Morgan fingerprint density at radius 3 is 2.84 bits per heavy atom. The van der Waals surface area contributed by atoms with Crippen molar-refractivity contribution in [1.82, 2.24) is 5.32 Å². The van der Waals surface area contributed by atoms with Gasteiger partial charge in [-0.25, -0.2) is 0 Å². The maximum absolute atomic E-state index is 6.04. The molecule has 1 atom stereocenters. The van der Waals surface area contributed by atoms with Crippen LogP contribution in [-0.2, 0) is 4.74 Å². The summed E-state index contributed by atoms with van der Waals surface area (Å²) in [6.07, 6.45) is 4.19. The molecule has 1 N–H and O–H groups in total. The average molecular weight is 298 g/mol. The second kappa shape index (κ2) is 5.67. The molecule has 2 aromatic heterocycles. The molecule has 3 nitrogen and oxygen atoms in total. The fraction of sp³-hybridized carbons (Fsp3) is 0.429. The smallest absolute Gasteiger partial charge is 0.126 e. The number of ether oxygens (including phenoxy) is 1. The maximum atomic E-state index is 6.04. The second-order valence-electron chi connectivity index (χ2n) is 4.78. The summed E-state index contributed by atoms with van der Waals surface area (Å²) < 4.78 is 11.7. The van der Waals surface area contributed by atoms with Crippen molar-refractivity contribution in [3.05, 3.63) is 45.5 Å². The molecule has 19 heavy (non-hydrogen) atoms. The molecule has 0 radical (unpaired) electrons. The number of halogens is 1. The first kappa shape index (κ1) is 13.2. The topological polar surface area (TPSA) is 34.4 Å². The van der Waals surface area contributed by atoms with Crippen LogP contribution in [0.2, 0.25) is 4.34 Å². The average Bonchev–Trinajstić information content (AvgIpc) is 2.99. The van der Waals surface area contributed by atoms with E-state index in [4.69, 9.17) is 20.8 Å². The number of rotatable bonds is 5. The fourth-order valence-electron chi connectivity index (χ4n) is 2.37. The van der Waals surface area contributed by atoms with Gasteiger partial charge in [0.2, 0.25) is 0 Å². The van der Waals surface area contributed by atoms with Gasteiger partial charge in [-0.3, -0.25) is 5.32 Å². The minimum Gasteiger partial charge on any atom is -0.467 e. The number of thiophene rings is 1. The zero-order valence-corrected chi connectivity index (χ0v) is 12.2. The van der Waals surface area contributed by atoms with E-state index in [1.165, 1.54) is 4.88 Å². The highest BCUT2D eigenvalue weighted by Gasteiger charge is 2.32. The summed E-state index contributed by atoms with van der Waals surface area (Å²) in [7, 11) is 1.77. The van der Waals surface area contributed by atoms with E-state index in [-0.39, 0.29) is 6.04 Å². The van der Waals surface area contributed by atoms with Gasteiger partial charge in [0, 0.05) is 18.0 Å². The second-order valence-corrected chi connectivity index (χ2v) is 6.53. The summed E-state index contributed by atoms with van der Waals surface area (Å²) >= 11 is 7.62. The van der Waals surface area contributed by atoms with E-state index in [0.717, 1.165) is 22.9 Å². The monoisotopic (exact) mass is 297 g/mol. The van der Waals surface area contributed by atoms with Crippen molar-refractivity contribution in [3.63, 3.8) is 0 Å². The first-order chi connectivity index (χ1) is 9.26. The van der Waals surface area contributed by atoms with Crippen molar-refractivity contribution in [2.45, 2.75) is 31.0 Å². The lowest BCUT2D eigenvalue weighted by molar-refractivity contribution is 0.0148. The van der Waals surface area contributed by atoms with Crippen LogP contribution in [0.4, 0.5) is 0 Å². The molecule has 1 unspecified atom stereocenters. The molecule has 1 saturated carbocycles. The van der Waals surface area contributed by atoms with Gasteiger partial charge < -0.3 is 9.15 Å². The van der Waals surface area contributed by atoms with Crippen LogP contribution in [0.5, 0.6) is 0 Å². The van der Waals surface area contributed by atoms with E-state index in [1.54, 1.807) is 24.7 Å². The van der Waals surface area contributed by atoms with Crippen molar-refractivity contribution >= 4 is 22.9 Å². The summed E-state index contributed by atoms with van der Waals surface area (Å²) in [4.78, 5) is 1.18. The van der Waals surface area contributed by atoms with Gasteiger partial charge in [0.15, 0.2) is 0 Å². The molecule has 2 heterocycles. The Labute approximate surface area is 121 Å². The number of nitrogens with one attached hydrogen (secondary N) is 1. The van der Waals surface area contributed by atoms with Gasteiger partial charge in [-0.1, -0.05) is 11.6 Å². The lowest BCUT2D eigenvalue weighted by atomic mass is 9.88. The number of hydrogen-bond acceptors (Lipinski definition) is 4. The molecule has 5 heteroatoms. The van der Waals surface area contributed by atoms with Gasteiger partial charge in [0.05, 0.1) is 16.7 Å². The van der Waals surface area contributed by atoms with Crippen LogP contribution in [0.15, 0.2) is 34.9 Å². The quantitative estimate of drug-likeness (QED) is 0.910. The summed E-state index contributed by atoms with van der Waals surface area (Å²) in [5.41, 5.74) is 0. The van der Waals surface area contributed by atoms with Crippen LogP contribution in [-0.4, -0.2) is 19.3 Å². The van der Waals surface area contributed by atoms with Crippen LogP contribution in [0.3, 0.4) is 0 Å². The lowest BCUT2D eigenvalue weighted by Gasteiger charge is -2.36. The normalized spacial score (nSPS) is 24.1. The molecular weight excluding hydrogens is 282 g/mol. The van der Waals surface area contributed by atoms with Crippen LogP contribution < -0.4 is 5.32 Å². The van der Waals surface area contributed by atoms with Gasteiger partial charge in [-0.2, -0.15) is 0 Å². The molecule has 0 aromatic carbocycles. The van der Waals surface area contributed by atoms with Crippen molar-refractivity contribution in [2.75, 3.05) is 7.11 Å². The molecule has 0 bridgehead atoms. The molecule has 2 aromatic rings. The third-order valence-corrected chi connectivity index (χ3v) is 4.83. The van der Waals surface area contributed by atoms with Crippen LogP contribution in [0.1, 0.15) is 29.5 Å². The molecule has 3 rings (SSSR count). The first-order valence-corrected chi connectivity index (χ1v) is 7.53. The van der Waals surface area contributed by atoms with E-state index in [2.05, 4.69) is 11.4 Å². The van der Waals surface area contributed by atoms with E-state index in [9.17, 15) is 0 Å². The largest absolute Gasteiger partial charge is 0.467 e. The predicted octanol–water partition coefficient (Wildman–Crippen LogP) is 3.85. The van der Waals surface area contributed by atoms with Crippen molar-refractivity contribution in [1.29, 1.82) is 0 Å². The van der Waals surface area contributed by atoms with Gasteiger partial charge in [-0.05, 0) is 37.1 Å². The zero-order valence-electron chi connectivity index (χ0n) is 10.6. The third-order valence-electron chi connectivity index (χ3n) is 3.54. The van der Waals surface area contributed by atoms with E-state index in [1.807, 2.05) is 18.2 Å². The summed E-state index contributed by atoms with van der Waals surface area (Å²) in [6.45, 7) is 0. The molecular formula is C14H16ClNO2S. The summed E-state index contributed by atoms with van der Waals surface area (Å²) in [5, 5.41) is 3.63. The Bertz CT molecular complexity index is 519. The lowest BCUT2D eigenvalue weighted by Crippen LogP contribution is -2.46. The minimum absolute atomic E-state index is 0.0790. The van der Waals surface area contributed by atoms with Crippen LogP contribution >= 0.6 is 22.9 Å². The molecule has 0 saturated heterocycles. The Morgan fingerprint density at radius 1 is 1.42 bits per heavy atom. The highest BCUT2D eigenvalue weighted by atomic mass is 35.5. The molecule has 0 aliphatic heterocycles. The van der Waals surface area contributed by atoms with Crippen molar-refractivity contribution in [2.24, 2.45) is 0 Å².